The lowest BCUT2D eigenvalue weighted by Crippen LogP contribution is -2.29. The minimum atomic E-state index is -3.70. The zero-order valence-electron chi connectivity index (χ0n) is 10.3. The highest BCUT2D eigenvalue weighted by Crippen LogP contribution is 2.33. The average molecular weight is 339 g/mol. The Hall–Kier alpha value is -0.820. The summed E-state index contributed by atoms with van der Waals surface area (Å²) >= 11 is 11.7. The molecule has 1 aromatic rings. The average Bonchev–Trinajstić information content (AvgIpc) is 2.39. The molecule has 0 atom stereocenters. The minimum absolute atomic E-state index is 0.0634. The molecule has 110 valence electrons. The summed E-state index contributed by atoms with van der Waals surface area (Å²) in [6.45, 7) is 0.724. The van der Waals surface area contributed by atoms with E-state index in [1.807, 2.05) is 0 Å². The summed E-state index contributed by atoms with van der Waals surface area (Å²) < 4.78 is 30.2. The SMILES string of the molecule is O=C(O)c1cc(S(=O)(=O)C2CCOCC2)c(Cl)cc1Cl. The molecule has 5 nitrogen and oxygen atoms in total. The Labute approximate surface area is 126 Å². The van der Waals surface area contributed by atoms with Crippen LogP contribution in [0.25, 0.3) is 0 Å². The van der Waals surface area contributed by atoms with Crippen molar-refractivity contribution in [3.63, 3.8) is 0 Å². The monoisotopic (exact) mass is 338 g/mol. The molecule has 0 amide bonds. The van der Waals surface area contributed by atoms with Gasteiger partial charge in [-0.3, -0.25) is 0 Å². The number of benzene rings is 1. The first kappa shape index (κ1) is 15.6. The second-order valence-corrected chi connectivity index (χ2v) is 7.44. The lowest BCUT2D eigenvalue weighted by Gasteiger charge is -2.22. The summed E-state index contributed by atoms with van der Waals surface area (Å²) in [5.74, 6) is -1.30. The number of ether oxygens (including phenoxy) is 1. The number of carboxylic acids is 1. The van der Waals surface area contributed by atoms with E-state index in [-0.39, 0.29) is 20.5 Å². The lowest BCUT2D eigenvalue weighted by atomic mass is 10.2. The van der Waals surface area contributed by atoms with Crippen LogP contribution in [0.1, 0.15) is 23.2 Å². The highest BCUT2D eigenvalue weighted by molar-refractivity contribution is 7.92. The van der Waals surface area contributed by atoms with Crippen molar-refractivity contribution in [1.82, 2.24) is 0 Å². The predicted molar refractivity (Wildman–Crippen MR) is 74.4 cm³/mol. The lowest BCUT2D eigenvalue weighted by molar-refractivity contribution is 0.0696. The van der Waals surface area contributed by atoms with E-state index in [4.69, 9.17) is 33.0 Å². The number of hydrogen-bond acceptors (Lipinski definition) is 4. The first-order valence-electron chi connectivity index (χ1n) is 5.88. The molecule has 20 heavy (non-hydrogen) atoms. The highest BCUT2D eigenvalue weighted by Gasteiger charge is 2.32. The molecule has 0 aliphatic carbocycles. The molecule has 0 saturated carbocycles. The molecule has 0 bridgehead atoms. The van der Waals surface area contributed by atoms with Gasteiger partial charge in [0.15, 0.2) is 9.84 Å². The molecule has 0 aromatic heterocycles. The van der Waals surface area contributed by atoms with Crippen LogP contribution < -0.4 is 0 Å². The van der Waals surface area contributed by atoms with E-state index >= 15 is 0 Å². The van der Waals surface area contributed by atoms with E-state index in [9.17, 15) is 13.2 Å². The first-order chi connectivity index (χ1) is 9.34. The van der Waals surface area contributed by atoms with Gasteiger partial charge in [-0.25, -0.2) is 13.2 Å². The fourth-order valence-corrected chi connectivity index (χ4v) is 4.65. The second kappa shape index (κ2) is 5.89. The molecule has 0 spiro atoms. The molecule has 1 N–H and O–H groups in total. The Balaban J connectivity index is 2.50. The molecule has 1 saturated heterocycles. The van der Waals surface area contributed by atoms with Gasteiger partial charge in [0, 0.05) is 13.2 Å². The van der Waals surface area contributed by atoms with E-state index in [0.717, 1.165) is 12.1 Å². The van der Waals surface area contributed by atoms with Gasteiger partial charge in [-0.05, 0) is 25.0 Å². The zero-order chi connectivity index (χ0) is 14.9. The molecular weight excluding hydrogens is 327 g/mol. The molecular formula is C12H12Cl2O5S. The summed E-state index contributed by atoms with van der Waals surface area (Å²) in [6, 6.07) is 2.18. The Morgan fingerprint density at radius 3 is 2.35 bits per heavy atom. The minimum Gasteiger partial charge on any atom is -0.478 e. The van der Waals surface area contributed by atoms with Crippen molar-refractivity contribution in [2.24, 2.45) is 0 Å². The molecule has 1 aliphatic rings. The third kappa shape index (κ3) is 2.93. The maximum Gasteiger partial charge on any atom is 0.337 e. The van der Waals surface area contributed by atoms with Crippen molar-refractivity contribution in [3.8, 4) is 0 Å². The van der Waals surface area contributed by atoms with Gasteiger partial charge in [0.1, 0.15) is 0 Å². The fraction of sp³-hybridized carbons (Fsp3) is 0.417. The van der Waals surface area contributed by atoms with Crippen molar-refractivity contribution < 1.29 is 23.1 Å². The number of carbonyl (C=O) groups is 1. The fourth-order valence-electron chi connectivity index (χ4n) is 2.08. The maximum atomic E-state index is 12.5. The molecule has 1 aliphatic heterocycles. The van der Waals surface area contributed by atoms with Gasteiger partial charge in [0.05, 0.1) is 25.8 Å². The van der Waals surface area contributed by atoms with Crippen LogP contribution in [0.15, 0.2) is 17.0 Å². The third-order valence-corrected chi connectivity index (χ3v) is 6.20. The van der Waals surface area contributed by atoms with Crippen LogP contribution >= 0.6 is 23.2 Å². The van der Waals surface area contributed by atoms with Crippen LogP contribution in [0.4, 0.5) is 0 Å². The Morgan fingerprint density at radius 2 is 1.80 bits per heavy atom. The number of sulfone groups is 1. The Bertz CT molecular complexity index is 635. The first-order valence-corrected chi connectivity index (χ1v) is 8.18. The molecule has 1 heterocycles. The smallest absolute Gasteiger partial charge is 0.337 e. The van der Waals surface area contributed by atoms with Crippen molar-refractivity contribution in [1.29, 1.82) is 0 Å². The second-order valence-electron chi connectivity index (χ2n) is 4.42. The summed E-state index contributed by atoms with van der Waals surface area (Å²) in [7, 11) is -3.70. The maximum absolute atomic E-state index is 12.5. The molecule has 1 fully saturated rings. The van der Waals surface area contributed by atoms with E-state index in [0.29, 0.717) is 26.1 Å². The molecule has 8 heteroatoms. The quantitative estimate of drug-likeness (QED) is 0.916. The topological polar surface area (TPSA) is 80.7 Å². The molecule has 0 unspecified atom stereocenters. The van der Waals surface area contributed by atoms with E-state index < -0.39 is 21.1 Å². The van der Waals surface area contributed by atoms with Crippen LogP contribution in [-0.2, 0) is 14.6 Å². The van der Waals surface area contributed by atoms with Crippen molar-refractivity contribution in [2.75, 3.05) is 13.2 Å². The number of halogens is 2. The van der Waals surface area contributed by atoms with Crippen molar-refractivity contribution in [2.45, 2.75) is 23.0 Å². The Morgan fingerprint density at radius 1 is 1.20 bits per heavy atom. The van der Waals surface area contributed by atoms with Gasteiger partial charge >= 0.3 is 5.97 Å². The molecule has 0 radical (unpaired) electrons. The molecule has 2 rings (SSSR count). The number of rotatable bonds is 3. The van der Waals surface area contributed by atoms with Gasteiger partial charge in [-0.1, -0.05) is 23.2 Å². The van der Waals surface area contributed by atoms with Crippen molar-refractivity contribution in [3.05, 3.63) is 27.7 Å². The third-order valence-electron chi connectivity index (χ3n) is 3.17. The molecule has 1 aromatic carbocycles. The van der Waals surface area contributed by atoms with Gasteiger partial charge in [0.25, 0.3) is 0 Å². The normalized spacial score (nSPS) is 17.1. The van der Waals surface area contributed by atoms with E-state index in [1.165, 1.54) is 0 Å². The largest absolute Gasteiger partial charge is 0.478 e. The van der Waals surface area contributed by atoms with E-state index in [2.05, 4.69) is 0 Å². The number of aromatic carboxylic acids is 1. The van der Waals surface area contributed by atoms with E-state index in [1.54, 1.807) is 0 Å². The number of hydrogen-bond donors (Lipinski definition) is 1. The van der Waals surface area contributed by atoms with Gasteiger partial charge in [-0.15, -0.1) is 0 Å². The van der Waals surface area contributed by atoms with Gasteiger partial charge < -0.3 is 9.84 Å². The van der Waals surface area contributed by atoms with Crippen LogP contribution in [0.2, 0.25) is 10.0 Å². The predicted octanol–water partition coefficient (Wildman–Crippen LogP) is 2.64. The van der Waals surface area contributed by atoms with Crippen LogP contribution in [-0.4, -0.2) is 38.0 Å². The zero-order valence-corrected chi connectivity index (χ0v) is 12.6. The van der Waals surface area contributed by atoms with Crippen molar-refractivity contribution >= 4 is 39.0 Å². The summed E-state index contributed by atoms with van der Waals surface area (Å²) in [4.78, 5) is 10.9. The Kier molecular flexibility index (Phi) is 4.59. The summed E-state index contributed by atoms with van der Waals surface area (Å²) in [5.41, 5.74) is -0.276. The van der Waals surface area contributed by atoms with Crippen LogP contribution in [0, 0.1) is 0 Å². The highest BCUT2D eigenvalue weighted by atomic mass is 35.5. The van der Waals surface area contributed by atoms with Crippen LogP contribution in [0.3, 0.4) is 0 Å². The van der Waals surface area contributed by atoms with Gasteiger partial charge in [-0.2, -0.15) is 0 Å². The standard InChI is InChI=1S/C12H12Cl2O5S/c13-9-6-10(14)11(5-8(9)12(15)16)20(17,18)7-1-3-19-4-2-7/h5-7H,1-4H2,(H,15,16). The summed E-state index contributed by atoms with van der Waals surface area (Å²) in [5, 5.41) is 8.25. The summed E-state index contributed by atoms with van der Waals surface area (Å²) in [6.07, 6.45) is 0.730. The van der Waals surface area contributed by atoms with Crippen LogP contribution in [0.5, 0.6) is 0 Å². The number of carboxylic acid groups (broad SMARTS) is 1. The van der Waals surface area contributed by atoms with Gasteiger partial charge in [0.2, 0.25) is 0 Å².